The molecule has 2 rings (SSSR count). The van der Waals surface area contributed by atoms with Crippen molar-refractivity contribution in [3.8, 4) is 11.4 Å². The molecule has 0 aliphatic rings. The molecule has 0 fully saturated rings. The van der Waals surface area contributed by atoms with Crippen molar-refractivity contribution in [2.24, 2.45) is 0 Å². The van der Waals surface area contributed by atoms with Crippen LogP contribution in [-0.2, 0) is 0 Å². The van der Waals surface area contributed by atoms with Gasteiger partial charge in [0, 0.05) is 24.4 Å². The maximum Gasteiger partial charge on any atom is 0.138 e. The van der Waals surface area contributed by atoms with Gasteiger partial charge < -0.3 is 15.2 Å². The van der Waals surface area contributed by atoms with Gasteiger partial charge in [-0.1, -0.05) is 0 Å². The molecule has 0 amide bonds. The summed E-state index contributed by atoms with van der Waals surface area (Å²) in [5.41, 5.74) is 1.63. The quantitative estimate of drug-likeness (QED) is 0.781. The molecule has 102 valence electrons. The fraction of sp³-hybridized carbons (Fsp3) is 0.333. The van der Waals surface area contributed by atoms with Crippen molar-refractivity contribution in [3.05, 3.63) is 30.9 Å². The highest BCUT2D eigenvalue weighted by molar-refractivity contribution is 6.18. The van der Waals surface area contributed by atoms with Crippen LogP contribution in [0, 0.1) is 0 Å². The first-order chi connectivity index (χ1) is 9.22. The van der Waals surface area contributed by atoms with Crippen molar-refractivity contribution in [1.82, 2.24) is 14.8 Å². The van der Waals surface area contributed by atoms with Crippen LogP contribution in [0.25, 0.3) is 5.69 Å². The summed E-state index contributed by atoms with van der Waals surface area (Å²) < 4.78 is 6.87. The van der Waals surface area contributed by atoms with Crippen LogP contribution in [0.15, 0.2) is 30.9 Å². The summed E-state index contributed by atoms with van der Waals surface area (Å²) in [5, 5.41) is 16.6. The Kier molecular flexibility index (Phi) is 4.59. The Morgan fingerprint density at radius 3 is 2.95 bits per heavy atom. The number of benzene rings is 1. The fourth-order valence-electron chi connectivity index (χ4n) is 1.57. The molecule has 0 spiro atoms. The summed E-state index contributed by atoms with van der Waals surface area (Å²) in [5.74, 6) is 0.878. The van der Waals surface area contributed by atoms with Gasteiger partial charge in [-0.2, -0.15) is 5.10 Å². The molecular formula is C12H15ClN4O2. The van der Waals surface area contributed by atoms with Crippen LogP contribution in [0.4, 0.5) is 5.69 Å². The highest BCUT2D eigenvalue weighted by atomic mass is 35.5. The van der Waals surface area contributed by atoms with Gasteiger partial charge in [0.1, 0.15) is 18.4 Å². The minimum absolute atomic E-state index is 0.187. The number of methoxy groups -OCH3 is 1. The second-order valence-electron chi connectivity index (χ2n) is 3.95. The van der Waals surface area contributed by atoms with Crippen LogP contribution in [-0.4, -0.2) is 45.5 Å². The van der Waals surface area contributed by atoms with Gasteiger partial charge in [-0.05, 0) is 6.07 Å². The largest absolute Gasteiger partial charge is 0.497 e. The maximum absolute atomic E-state index is 9.45. The number of aliphatic hydroxyl groups excluding tert-OH is 1. The lowest BCUT2D eigenvalue weighted by atomic mass is 10.2. The second kappa shape index (κ2) is 6.40. The molecule has 0 saturated carbocycles. The zero-order chi connectivity index (χ0) is 13.7. The number of anilines is 1. The molecule has 0 aliphatic carbocycles. The van der Waals surface area contributed by atoms with Crippen molar-refractivity contribution in [3.63, 3.8) is 0 Å². The Hall–Kier alpha value is -1.79. The normalized spacial score (nSPS) is 12.2. The molecule has 1 aromatic carbocycles. The summed E-state index contributed by atoms with van der Waals surface area (Å²) in [6.45, 7) is 0.369. The zero-order valence-electron chi connectivity index (χ0n) is 10.5. The molecular weight excluding hydrogens is 268 g/mol. The highest BCUT2D eigenvalue weighted by Gasteiger charge is 2.06. The van der Waals surface area contributed by atoms with E-state index in [1.807, 2.05) is 18.2 Å². The number of nitrogens with one attached hydrogen (secondary N) is 1. The van der Waals surface area contributed by atoms with Crippen molar-refractivity contribution in [2.75, 3.05) is 24.9 Å². The summed E-state index contributed by atoms with van der Waals surface area (Å²) >= 11 is 5.55. The lowest BCUT2D eigenvalue weighted by Gasteiger charge is -2.13. The molecule has 1 heterocycles. The SMILES string of the molecule is COc1cc(NCC(O)CCl)cc(-n2cncn2)c1. The second-order valence-corrected chi connectivity index (χ2v) is 4.26. The van der Waals surface area contributed by atoms with Gasteiger partial charge in [-0.3, -0.25) is 0 Å². The molecule has 0 radical (unpaired) electrons. The van der Waals surface area contributed by atoms with E-state index in [9.17, 15) is 5.11 Å². The van der Waals surface area contributed by atoms with E-state index in [0.717, 1.165) is 11.4 Å². The van der Waals surface area contributed by atoms with Gasteiger partial charge in [0.05, 0.1) is 24.8 Å². The Balaban J connectivity index is 2.21. The van der Waals surface area contributed by atoms with Crippen molar-refractivity contribution in [1.29, 1.82) is 0 Å². The average Bonchev–Trinajstić information content (AvgIpc) is 2.98. The highest BCUT2D eigenvalue weighted by Crippen LogP contribution is 2.22. The molecule has 19 heavy (non-hydrogen) atoms. The lowest BCUT2D eigenvalue weighted by molar-refractivity contribution is 0.211. The first-order valence-electron chi connectivity index (χ1n) is 5.75. The minimum Gasteiger partial charge on any atom is -0.497 e. The molecule has 0 bridgehead atoms. The number of aliphatic hydroxyl groups is 1. The first kappa shape index (κ1) is 13.6. The van der Waals surface area contributed by atoms with Crippen molar-refractivity contribution in [2.45, 2.75) is 6.10 Å². The fourth-order valence-corrected chi connectivity index (χ4v) is 1.68. The topological polar surface area (TPSA) is 72.2 Å². The summed E-state index contributed by atoms with van der Waals surface area (Å²) in [6.07, 6.45) is 2.47. The van der Waals surface area contributed by atoms with E-state index in [2.05, 4.69) is 15.4 Å². The Labute approximate surface area is 116 Å². The summed E-state index contributed by atoms with van der Waals surface area (Å²) in [7, 11) is 1.60. The number of hydrogen-bond donors (Lipinski definition) is 2. The van der Waals surface area contributed by atoms with Gasteiger partial charge in [-0.25, -0.2) is 9.67 Å². The molecule has 7 heteroatoms. The van der Waals surface area contributed by atoms with Gasteiger partial charge in [0.25, 0.3) is 0 Å². The average molecular weight is 283 g/mol. The predicted octanol–water partition coefficient (Wildman–Crippen LogP) is 1.29. The van der Waals surface area contributed by atoms with E-state index in [1.54, 1.807) is 18.1 Å². The minimum atomic E-state index is -0.595. The molecule has 6 nitrogen and oxygen atoms in total. The van der Waals surface area contributed by atoms with Gasteiger partial charge in [-0.15, -0.1) is 11.6 Å². The van der Waals surface area contributed by atoms with E-state index < -0.39 is 6.10 Å². The molecule has 0 aliphatic heterocycles. The first-order valence-corrected chi connectivity index (χ1v) is 6.28. The number of halogens is 1. The Morgan fingerprint density at radius 1 is 1.47 bits per heavy atom. The third-order valence-corrected chi connectivity index (χ3v) is 2.89. The van der Waals surface area contributed by atoms with E-state index in [0.29, 0.717) is 12.3 Å². The standard InChI is InChI=1S/C12H15ClN4O2/c1-19-12-3-9(15-6-11(18)5-13)2-10(4-12)17-8-14-7-16-17/h2-4,7-8,11,15,18H,5-6H2,1H3. The number of nitrogens with zero attached hydrogens (tertiary/aromatic N) is 3. The van der Waals surface area contributed by atoms with Crippen LogP contribution < -0.4 is 10.1 Å². The third-order valence-electron chi connectivity index (χ3n) is 2.53. The van der Waals surface area contributed by atoms with Gasteiger partial charge in [0.2, 0.25) is 0 Å². The molecule has 1 atom stereocenters. The van der Waals surface area contributed by atoms with E-state index in [-0.39, 0.29) is 5.88 Å². The third kappa shape index (κ3) is 3.59. The van der Waals surface area contributed by atoms with Crippen LogP contribution in [0.3, 0.4) is 0 Å². The molecule has 1 unspecified atom stereocenters. The molecule has 2 N–H and O–H groups in total. The van der Waals surface area contributed by atoms with Crippen LogP contribution in [0.5, 0.6) is 5.75 Å². The number of ether oxygens (including phenoxy) is 1. The molecule has 2 aromatic rings. The van der Waals surface area contributed by atoms with E-state index in [1.165, 1.54) is 6.33 Å². The lowest BCUT2D eigenvalue weighted by Crippen LogP contribution is -2.20. The zero-order valence-corrected chi connectivity index (χ0v) is 11.2. The van der Waals surface area contributed by atoms with E-state index >= 15 is 0 Å². The van der Waals surface area contributed by atoms with Crippen molar-refractivity contribution < 1.29 is 9.84 Å². The van der Waals surface area contributed by atoms with Crippen LogP contribution in [0.2, 0.25) is 0 Å². The molecule has 1 aromatic heterocycles. The van der Waals surface area contributed by atoms with Gasteiger partial charge >= 0.3 is 0 Å². The van der Waals surface area contributed by atoms with Crippen molar-refractivity contribution >= 4 is 17.3 Å². The number of rotatable bonds is 6. The Morgan fingerprint density at radius 2 is 2.32 bits per heavy atom. The number of hydrogen-bond acceptors (Lipinski definition) is 5. The predicted molar refractivity (Wildman–Crippen MR) is 73.1 cm³/mol. The molecule has 0 saturated heterocycles. The van der Waals surface area contributed by atoms with Gasteiger partial charge in [0.15, 0.2) is 0 Å². The van der Waals surface area contributed by atoms with Crippen LogP contribution >= 0.6 is 11.6 Å². The van der Waals surface area contributed by atoms with Crippen LogP contribution in [0.1, 0.15) is 0 Å². The monoisotopic (exact) mass is 282 g/mol. The van der Waals surface area contributed by atoms with E-state index in [4.69, 9.17) is 16.3 Å². The summed E-state index contributed by atoms with van der Waals surface area (Å²) in [4.78, 5) is 3.90. The maximum atomic E-state index is 9.45. The summed E-state index contributed by atoms with van der Waals surface area (Å²) in [6, 6.07) is 5.57. The number of aromatic nitrogens is 3. The Bertz CT molecular complexity index is 518. The number of alkyl halides is 1. The smallest absolute Gasteiger partial charge is 0.138 e.